The predicted octanol–water partition coefficient (Wildman–Crippen LogP) is 4.28. The Labute approximate surface area is 169 Å². The molecular formula is C22H25N3O3S. The number of pyridine rings is 1. The number of H-pyrrole nitrogens is 1. The lowest BCUT2D eigenvalue weighted by Gasteiger charge is -2.28. The Morgan fingerprint density at radius 1 is 1.21 bits per heavy atom. The molecule has 2 N–H and O–H groups in total. The molecule has 1 unspecified atom stereocenters. The highest BCUT2D eigenvalue weighted by atomic mass is 32.2. The van der Waals surface area contributed by atoms with Crippen LogP contribution in [-0.2, 0) is 16.8 Å². The minimum absolute atomic E-state index is 0.0685. The molecule has 6 nitrogen and oxygen atoms in total. The highest BCUT2D eigenvalue weighted by Crippen LogP contribution is 2.40. The van der Waals surface area contributed by atoms with Crippen LogP contribution in [0.4, 0.5) is 0 Å². The number of fused-ring (bicyclic) bond motifs is 1. The molecule has 152 valence electrons. The molecule has 0 bridgehead atoms. The Bertz CT molecular complexity index is 1250. The number of nitrogens with one attached hydrogen (secondary N) is 2. The van der Waals surface area contributed by atoms with Gasteiger partial charge in [-0.05, 0) is 55.9 Å². The molecule has 2 aliphatic rings. The predicted molar refractivity (Wildman–Crippen MR) is 114 cm³/mol. The highest BCUT2D eigenvalue weighted by molar-refractivity contribution is 7.93. The van der Waals surface area contributed by atoms with Crippen molar-refractivity contribution in [2.75, 3.05) is 6.61 Å². The summed E-state index contributed by atoms with van der Waals surface area (Å²) in [6, 6.07) is 7.37. The maximum Gasteiger partial charge on any atom is 0.274 e. The van der Waals surface area contributed by atoms with Crippen LogP contribution in [0.1, 0.15) is 32.1 Å². The summed E-state index contributed by atoms with van der Waals surface area (Å²) in [5, 5.41) is 0.739. The molecule has 0 amide bonds. The zero-order valence-electron chi connectivity index (χ0n) is 16.4. The van der Waals surface area contributed by atoms with E-state index in [1.807, 2.05) is 18.2 Å². The molecule has 2 saturated carbocycles. The van der Waals surface area contributed by atoms with Gasteiger partial charge in [-0.2, -0.15) is 0 Å². The van der Waals surface area contributed by atoms with E-state index in [1.165, 1.54) is 12.8 Å². The van der Waals surface area contributed by atoms with Crippen LogP contribution in [0.15, 0.2) is 46.3 Å². The molecule has 2 aliphatic carbocycles. The van der Waals surface area contributed by atoms with Crippen LogP contribution >= 0.6 is 0 Å². The normalized spacial score (nSPS) is 19.1. The number of aromatic amines is 1. The van der Waals surface area contributed by atoms with Crippen LogP contribution in [-0.4, -0.2) is 25.6 Å². The lowest BCUT2D eigenvalue weighted by Crippen LogP contribution is -2.27. The molecular weight excluding hydrogens is 386 g/mol. The van der Waals surface area contributed by atoms with Gasteiger partial charge in [0.05, 0.1) is 16.3 Å². The average Bonchev–Trinajstić information content (AvgIpc) is 3.35. The molecule has 0 radical (unpaired) electrons. The Kier molecular flexibility index (Phi) is 4.31. The molecule has 1 atom stereocenters. The molecule has 1 aromatic carbocycles. The van der Waals surface area contributed by atoms with Gasteiger partial charge in [0.15, 0.2) is 0 Å². The second kappa shape index (κ2) is 6.76. The summed E-state index contributed by atoms with van der Waals surface area (Å²) in [6.45, 7) is 0.660. The van der Waals surface area contributed by atoms with Crippen molar-refractivity contribution in [3.8, 4) is 16.9 Å². The van der Waals surface area contributed by atoms with Crippen LogP contribution in [0.3, 0.4) is 0 Å². The second-order valence-electron chi connectivity index (χ2n) is 8.29. The first-order valence-electron chi connectivity index (χ1n) is 10.2. The van der Waals surface area contributed by atoms with E-state index in [4.69, 9.17) is 9.52 Å². The zero-order valence-corrected chi connectivity index (χ0v) is 17.3. The van der Waals surface area contributed by atoms with E-state index >= 15 is 0 Å². The van der Waals surface area contributed by atoms with E-state index < -0.39 is 9.73 Å². The van der Waals surface area contributed by atoms with Gasteiger partial charge in [-0.3, -0.25) is 4.79 Å². The minimum Gasteiger partial charge on any atom is -0.493 e. The number of hydrogen-bond acceptors (Lipinski definition) is 4. The third-order valence-electron chi connectivity index (χ3n) is 6.18. The van der Waals surface area contributed by atoms with Crippen LogP contribution in [0, 0.1) is 10.7 Å². The Morgan fingerprint density at radius 3 is 2.69 bits per heavy atom. The van der Waals surface area contributed by atoms with Crippen molar-refractivity contribution in [1.29, 1.82) is 4.78 Å². The van der Waals surface area contributed by atoms with Crippen molar-refractivity contribution in [3.05, 3.63) is 47.0 Å². The van der Waals surface area contributed by atoms with Gasteiger partial charge in [-0.25, -0.2) is 8.99 Å². The SMILES string of the molecule is Cn1cc(-c2cc(S(=N)(=O)C3CCC3)ccc2OCC2CC2)c2cc[nH]c2c1=O. The number of rotatable bonds is 6. The average molecular weight is 412 g/mol. The van der Waals surface area contributed by atoms with Gasteiger partial charge in [0.2, 0.25) is 0 Å². The molecule has 3 aromatic rings. The van der Waals surface area contributed by atoms with Crippen LogP contribution in [0.2, 0.25) is 0 Å². The summed E-state index contributed by atoms with van der Waals surface area (Å²) in [7, 11) is -1.13. The van der Waals surface area contributed by atoms with Crippen molar-refractivity contribution in [1.82, 2.24) is 9.55 Å². The summed E-state index contributed by atoms with van der Waals surface area (Å²) < 4.78 is 29.5. The van der Waals surface area contributed by atoms with E-state index in [9.17, 15) is 9.00 Å². The van der Waals surface area contributed by atoms with E-state index in [-0.39, 0.29) is 10.8 Å². The number of benzene rings is 1. The summed E-state index contributed by atoms with van der Waals surface area (Å²) in [4.78, 5) is 16.0. The molecule has 29 heavy (non-hydrogen) atoms. The number of ether oxygens (including phenoxy) is 1. The third kappa shape index (κ3) is 3.17. The number of aromatic nitrogens is 2. The Balaban J connectivity index is 1.68. The summed E-state index contributed by atoms with van der Waals surface area (Å²) in [5.41, 5.74) is 2.08. The molecule has 2 fully saturated rings. The molecule has 2 heterocycles. The van der Waals surface area contributed by atoms with Crippen LogP contribution in [0.5, 0.6) is 5.75 Å². The van der Waals surface area contributed by atoms with Crippen LogP contribution in [0.25, 0.3) is 22.0 Å². The fourth-order valence-corrected chi connectivity index (χ4v) is 5.85. The Morgan fingerprint density at radius 2 is 2.00 bits per heavy atom. The summed E-state index contributed by atoms with van der Waals surface area (Å²) in [5.74, 6) is 1.32. The molecule has 0 saturated heterocycles. The minimum atomic E-state index is -2.86. The van der Waals surface area contributed by atoms with Crippen LogP contribution < -0.4 is 10.3 Å². The highest BCUT2D eigenvalue weighted by Gasteiger charge is 2.30. The molecule has 2 aromatic heterocycles. The number of hydrogen-bond donors (Lipinski definition) is 2. The topological polar surface area (TPSA) is 87.9 Å². The van der Waals surface area contributed by atoms with Crippen molar-refractivity contribution >= 4 is 20.6 Å². The second-order valence-corrected chi connectivity index (χ2v) is 10.6. The lowest BCUT2D eigenvalue weighted by molar-refractivity contribution is 0.301. The molecule has 5 rings (SSSR count). The first-order valence-corrected chi connectivity index (χ1v) is 11.8. The van der Waals surface area contributed by atoms with E-state index in [0.29, 0.717) is 28.7 Å². The first kappa shape index (κ1) is 18.5. The van der Waals surface area contributed by atoms with Gasteiger partial charge in [-0.15, -0.1) is 0 Å². The van der Waals surface area contributed by atoms with Gasteiger partial charge >= 0.3 is 0 Å². The first-order chi connectivity index (χ1) is 13.9. The summed E-state index contributed by atoms with van der Waals surface area (Å²) in [6.07, 6.45) is 8.68. The summed E-state index contributed by atoms with van der Waals surface area (Å²) >= 11 is 0. The van der Waals surface area contributed by atoms with Crippen molar-refractivity contribution in [2.24, 2.45) is 13.0 Å². The van der Waals surface area contributed by atoms with Gasteiger partial charge in [0.25, 0.3) is 5.56 Å². The maximum absolute atomic E-state index is 13.2. The lowest BCUT2D eigenvalue weighted by atomic mass is 10.00. The van der Waals surface area contributed by atoms with Crippen molar-refractivity contribution in [2.45, 2.75) is 42.2 Å². The molecule has 0 spiro atoms. The smallest absolute Gasteiger partial charge is 0.274 e. The molecule has 0 aliphatic heterocycles. The van der Waals surface area contributed by atoms with Gasteiger partial charge in [-0.1, -0.05) is 6.42 Å². The fraction of sp³-hybridized carbons (Fsp3) is 0.409. The van der Waals surface area contributed by atoms with Gasteiger partial charge in [0, 0.05) is 46.1 Å². The van der Waals surface area contributed by atoms with E-state index in [0.717, 1.165) is 35.8 Å². The van der Waals surface area contributed by atoms with Gasteiger partial charge < -0.3 is 14.3 Å². The third-order valence-corrected chi connectivity index (χ3v) is 8.54. The Hall–Kier alpha value is -2.54. The van der Waals surface area contributed by atoms with E-state index in [1.54, 1.807) is 30.1 Å². The van der Waals surface area contributed by atoms with Crippen molar-refractivity contribution in [3.63, 3.8) is 0 Å². The number of nitrogens with zero attached hydrogens (tertiary/aromatic N) is 1. The zero-order chi connectivity index (χ0) is 20.2. The van der Waals surface area contributed by atoms with Gasteiger partial charge in [0.1, 0.15) is 11.3 Å². The molecule has 7 heteroatoms. The quantitative estimate of drug-likeness (QED) is 0.634. The van der Waals surface area contributed by atoms with E-state index in [2.05, 4.69) is 4.98 Å². The standard InChI is InChI=1S/C22H25N3O3S/c1-25-12-19(17-9-10-24-21(17)22(25)26)18-11-16(29(23,27)15-3-2-4-15)7-8-20(18)28-13-14-5-6-14/h7-12,14-15,23-24H,2-6,13H2,1H3. The maximum atomic E-state index is 13.2. The monoisotopic (exact) mass is 411 g/mol. The fourth-order valence-electron chi connectivity index (χ4n) is 3.90. The van der Waals surface area contributed by atoms with Crippen molar-refractivity contribution < 1.29 is 8.95 Å². The number of aryl methyl sites for hydroxylation is 1. The largest absolute Gasteiger partial charge is 0.493 e.